The summed E-state index contributed by atoms with van der Waals surface area (Å²) in [6.45, 7) is 0. The summed E-state index contributed by atoms with van der Waals surface area (Å²) in [7, 11) is 2.71. The van der Waals surface area contributed by atoms with Gasteiger partial charge in [-0.1, -0.05) is 18.1 Å². The van der Waals surface area contributed by atoms with Crippen LogP contribution in [0, 0.1) is 23.2 Å². The first-order chi connectivity index (χ1) is 9.15. The molecular formula is C15H20O4. The normalized spacial score (nSPS) is 34.4. The number of esters is 2. The van der Waals surface area contributed by atoms with Gasteiger partial charge in [0, 0.05) is 0 Å². The van der Waals surface area contributed by atoms with Crippen molar-refractivity contribution in [1.82, 2.24) is 0 Å². The van der Waals surface area contributed by atoms with Gasteiger partial charge >= 0.3 is 11.9 Å². The van der Waals surface area contributed by atoms with Crippen LogP contribution in [0.3, 0.4) is 0 Å². The smallest absolute Gasteiger partial charge is 0.323 e. The van der Waals surface area contributed by atoms with Gasteiger partial charge in [0.05, 0.1) is 14.2 Å². The molecule has 3 atom stereocenters. The zero-order chi connectivity index (χ0) is 13.6. The highest BCUT2D eigenvalue weighted by atomic mass is 16.5. The van der Waals surface area contributed by atoms with Crippen LogP contribution in [0.1, 0.15) is 32.1 Å². The van der Waals surface area contributed by atoms with Gasteiger partial charge in [0.25, 0.3) is 0 Å². The van der Waals surface area contributed by atoms with Gasteiger partial charge in [-0.15, -0.1) is 0 Å². The van der Waals surface area contributed by atoms with Crippen molar-refractivity contribution in [3.8, 4) is 0 Å². The molecule has 0 amide bonds. The van der Waals surface area contributed by atoms with Crippen molar-refractivity contribution in [3.05, 3.63) is 11.6 Å². The third-order valence-electron chi connectivity index (χ3n) is 5.36. The zero-order valence-electron chi connectivity index (χ0n) is 11.5. The molecule has 19 heavy (non-hydrogen) atoms. The quantitative estimate of drug-likeness (QED) is 0.435. The Morgan fingerprint density at radius 3 is 2.53 bits per heavy atom. The molecule has 0 bridgehead atoms. The molecule has 0 radical (unpaired) electrons. The van der Waals surface area contributed by atoms with Gasteiger partial charge in [0.1, 0.15) is 0 Å². The fourth-order valence-electron chi connectivity index (χ4n) is 4.64. The van der Waals surface area contributed by atoms with Crippen LogP contribution in [0.5, 0.6) is 0 Å². The summed E-state index contributed by atoms with van der Waals surface area (Å²) in [5.74, 6) is 0.248. The Hall–Kier alpha value is -1.32. The van der Waals surface area contributed by atoms with E-state index in [0.29, 0.717) is 18.3 Å². The van der Waals surface area contributed by atoms with E-state index in [-0.39, 0.29) is 5.92 Å². The average Bonchev–Trinajstić information content (AvgIpc) is 3.01. The number of carbonyl (C=O) groups is 2. The molecule has 3 aliphatic carbocycles. The number of ether oxygens (including phenoxy) is 2. The minimum atomic E-state index is -1.08. The molecule has 2 fully saturated rings. The Morgan fingerprint density at radius 2 is 1.89 bits per heavy atom. The van der Waals surface area contributed by atoms with Crippen LogP contribution in [0.15, 0.2) is 11.6 Å². The predicted octanol–water partition coefficient (Wildman–Crippen LogP) is 2.09. The molecule has 2 saturated carbocycles. The number of methoxy groups -OCH3 is 2. The molecule has 4 nitrogen and oxygen atoms in total. The van der Waals surface area contributed by atoms with Gasteiger partial charge in [-0.3, -0.25) is 9.59 Å². The summed E-state index contributed by atoms with van der Waals surface area (Å²) < 4.78 is 9.90. The molecule has 4 heteroatoms. The van der Waals surface area contributed by atoms with E-state index in [1.54, 1.807) is 0 Å². The summed E-state index contributed by atoms with van der Waals surface area (Å²) >= 11 is 0. The van der Waals surface area contributed by atoms with E-state index < -0.39 is 17.4 Å². The largest absolute Gasteiger partial charge is 0.468 e. The molecule has 0 heterocycles. The highest BCUT2D eigenvalue weighted by Gasteiger charge is 2.64. The average molecular weight is 264 g/mol. The first-order valence-electron chi connectivity index (χ1n) is 7.01. The van der Waals surface area contributed by atoms with Crippen molar-refractivity contribution in [3.63, 3.8) is 0 Å². The Kier molecular flexibility index (Phi) is 2.91. The lowest BCUT2D eigenvalue weighted by atomic mass is 9.66. The number of allylic oxidation sites excluding steroid dienone is 2. The molecule has 0 spiro atoms. The number of hydrogen-bond acceptors (Lipinski definition) is 4. The van der Waals surface area contributed by atoms with Crippen LogP contribution in [0.4, 0.5) is 0 Å². The standard InChI is InChI=1S/C15H20O4/c1-18-13(16)15(14(17)19-2)8-10-7-6-9-4-3-5-11(15)12(9)10/h7,9,11-12H,3-6,8H2,1-2H3/t9-,11-,12-/m0/s1. The lowest BCUT2D eigenvalue weighted by Gasteiger charge is -2.37. The first kappa shape index (κ1) is 12.7. The van der Waals surface area contributed by atoms with Gasteiger partial charge in [-0.25, -0.2) is 0 Å². The number of hydrogen-bond donors (Lipinski definition) is 0. The maximum Gasteiger partial charge on any atom is 0.323 e. The van der Waals surface area contributed by atoms with Gasteiger partial charge in [-0.05, 0) is 43.4 Å². The summed E-state index contributed by atoms with van der Waals surface area (Å²) in [6.07, 6.45) is 7.05. The second kappa shape index (κ2) is 4.36. The zero-order valence-corrected chi connectivity index (χ0v) is 11.5. The van der Waals surface area contributed by atoms with Crippen molar-refractivity contribution in [2.45, 2.75) is 32.1 Å². The summed E-state index contributed by atoms with van der Waals surface area (Å²) in [5.41, 5.74) is 0.199. The molecule has 0 aromatic rings. The van der Waals surface area contributed by atoms with E-state index in [1.807, 2.05) is 0 Å². The molecule has 3 rings (SSSR count). The minimum absolute atomic E-state index is 0.0694. The Bertz CT molecular complexity index is 435. The van der Waals surface area contributed by atoms with Crippen LogP contribution in [-0.4, -0.2) is 26.2 Å². The van der Waals surface area contributed by atoms with Crippen molar-refractivity contribution in [2.24, 2.45) is 23.2 Å². The van der Waals surface area contributed by atoms with E-state index in [4.69, 9.17) is 9.47 Å². The number of rotatable bonds is 2. The fourth-order valence-corrected chi connectivity index (χ4v) is 4.64. The molecule has 0 aromatic heterocycles. The predicted molar refractivity (Wildman–Crippen MR) is 68.1 cm³/mol. The van der Waals surface area contributed by atoms with Crippen LogP contribution < -0.4 is 0 Å². The summed E-state index contributed by atoms with van der Waals surface area (Å²) in [5, 5.41) is 0. The maximum atomic E-state index is 12.3. The highest BCUT2D eigenvalue weighted by molar-refractivity contribution is 6.01. The summed E-state index contributed by atoms with van der Waals surface area (Å²) in [6, 6.07) is 0. The summed E-state index contributed by atoms with van der Waals surface area (Å²) in [4.78, 5) is 24.6. The van der Waals surface area contributed by atoms with E-state index in [9.17, 15) is 9.59 Å². The van der Waals surface area contributed by atoms with Crippen LogP contribution in [-0.2, 0) is 19.1 Å². The minimum Gasteiger partial charge on any atom is -0.468 e. The molecule has 3 aliphatic rings. The van der Waals surface area contributed by atoms with Gasteiger partial charge in [0.2, 0.25) is 0 Å². The van der Waals surface area contributed by atoms with Gasteiger partial charge < -0.3 is 9.47 Å². The Balaban J connectivity index is 2.06. The van der Waals surface area contributed by atoms with Crippen LogP contribution in [0.2, 0.25) is 0 Å². The first-order valence-corrected chi connectivity index (χ1v) is 7.01. The van der Waals surface area contributed by atoms with E-state index in [2.05, 4.69) is 6.08 Å². The van der Waals surface area contributed by atoms with Gasteiger partial charge in [0.15, 0.2) is 5.41 Å². The molecular weight excluding hydrogens is 244 g/mol. The maximum absolute atomic E-state index is 12.3. The molecule has 0 aromatic carbocycles. The monoisotopic (exact) mass is 264 g/mol. The second-order valence-corrected chi connectivity index (χ2v) is 5.97. The van der Waals surface area contributed by atoms with E-state index >= 15 is 0 Å². The topological polar surface area (TPSA) is 52.6 Å². The molecule has 0 aliphatic heterocycles. The fraction of sp³-hybridized carbons (Fsp3) is 0.733. The van der Waals surface area contributed by atoms with Crippen molar-refractivity contribution < 1.29 is 19.1 Å². The molecule has 0 unspecified atom stereocenters. The Morgan fingerprint density at radius 1 is 1.21 bits per heavy atom. The van der Waals surface area contributed by atoms with Crippen LogP contribution in [0.25, 0.3) is 0 Å². The highest BCUT2D eigenvalue weighted by Crippen LogP contribution is 2.61. The van der Waals surface area contributed by atoms with Gasteiger partial charge in [-0.2, -0.15) is 0 Å². The lowest BCUT2D eigenvalue weighted by Crippen LogP contribution is -2.47. The number of carbonyl (C=O) groups excluding carboxylic acids is 2. The molecule has 0 saturated heterocycles. The van der Waals surface area contributed by atoms with E-state index in [1.165, 1.54) is 26.2 Å². The third-order valence-corrected chi connectivity index (χ3v) is 5.36. The second-order valence-electron chi connectivity index (χ2n) is 5.97. The van der Waals surface area contributed by atoms with E-state index in [0.717, 1.165) is 19.3 Å². The van der Waals surface area contributed by atoms with Crippen molar-refractivity contribution in [2.75, 3.05) is 14.2 Å². The SMILES string of the molecule is COC(=O)C1(C(=O)OC)CC2=CC[C@@H]3CCC[C@H]1[C@H]23. The lowest BCUT2D eigenvalue weighted by molar-refractivity contribution is -0.174. The van der Waals surface area contributed by atoms with Crippen molar-refractivity contribution in [1.29, 1.82) is 0 Å². The van der Waals surface area contributed by atoms with Crippen LogP contribution >= 0.6 is 0 Å². The molecule has 104 valence electrons. The third kappa shape index (κ3) is 1.52. The van der Waals surface area contributed by atoms with Crippen molar-refractivity contribution >= 4 is 11.9 Å². The molecule has 0 N–H and O–H groups in total. The Labute approximate surface area is 113 Å².